The van der Waals surface area contributed by atoms with Crippen LogP contribution in [0.3, 0.4) is 0 Å². The summed E-state index contributed by atoms with van der Waals surface area (Å²) in [6, 6.07) is 11.9. The van der Waals surface area contributed by atoms with Crippen molar-refractivity contribution in [1.29, 1.82) is 0 Å². The molecule has 1 aliphatic rings. The first-order chi connectivity index (χ1) is 20.9. The molecule has 224 valence electrons. The van der Waals surface area contributed by atoms with Crippen LogP contribution < -0.4 is 19.7 Å². The number of aliphatic hydroxyl groups is 2. The maximum Gasteiger partial charge on any atom is 0.243 e. The van der Waals surface area contributed by atoms with Crippen molar-refractivity contribution in [2.24, 2.45) is 0 Å². The predicted molar refractivity (Wildman–Crippen MR) is 173 cm³/mol. The van der Waals surface area contributed by atoms with E-state index in [1.54, 1.807) is 0 Å². The first kappa shape index (κ1) is 29.8. The molecular formula is C28H27Br2ClN8O4. The van der Waals surface area contributed by atoms with Crippen LogP contribution in [0.2, 0.25) is 5.28 Å². The molecule has 1 aliphatic heterocycles. The molecule has 15 heteroatoms. The number of hydrogen-bond acceptors (Lipinski definition) is 10. The van der Waals surface area contributed by atoms with E-state index < -0.39 is 0 Å². The van der Waals surface area contributed by atoms with Gasteiger partial charge < -0.3 is 39.9 Å². The molecule has 12 nitrogen and oxygen atoms in total. The number of anilines is 1. The van der Waals surface area contributed by atoms with Gasteiger partial charge in [-0.2, -0.15) is 9.97 Å². The molecule has 43 heavy (non-hydrogen) atoms. The van der Waals surface area contributed by atoms with Gasteiger partial charge in [0.15, 0.2) is 0 Å². The molecule has 0 radical (unpaired) electrons. The van der Waals surface area contributed by atoms with Gasteiger partial charge in [-0.15, -0.1) is 0 Å². The lowest BCUT2D eigenvalue weighted by Crippen LogP contribution is -2.44. The molecule has 0 atom stereocenters. The smallest absolute Gasteiger partial charge is 0.243 e. The molecule has 0 bridgehead atoms. The van der Waals surface area contributed by atoms with Gasteiger partial charge >= 0.3 is 0 Å². The summed E-state index contributed by atoms with van der Waals surface area (Å²) in [6.07, 6.45) is 0. The van der Waals surface area contributed by atoms with Gasteiger partial charge in [-0.1, -0.05) is 31.9 Å². The van der Waals surface area contributed by atoms with Gasteiger partial charge in [0, 0.05) is 56.9 Å². The molecule has 0 saturated carbocycles. The number of aliphatic hydroxyl groups excluding tert-OH is 2. The Kier molecular flexibility index (Phi) is 9.12. The van der Waals surface area contributed by atoms with Gasteiger partial charge in [-0.3, -0.25) is 0 Å². The largest absolute Gasteiger partial charge is 0.474 e. The van der Waals surface area contributed by atoms with Crippen LogP contribution in [-0.4, -0.2) is 92.7 Å². The van der Waals surface area contributed by atoms with Gasteiger partial charge in [-0.25, -0.2) is 9.97 Å². The van der Waals surface area contributed by atoms with Crippen LogP contribution in [0.1, 0.15) is 0 Å². The fraction of sp³-hybridized carbons (Fsp3) is 0.286. The van der Waals surface area contributed by atoms with Crippen LogP contribution in [0.25, 0.3) is 43.9 Å². The summed E-state index contributed by atoms with van der Waals surface area (Å²) < 4.78 is 13.0. The molecule has 0 unspecified atom stereocenters. The Bertz CT molecular complexity index is 1910. The molecular weight excluding hydrogens is 708 g/mol. The van der Waals surface area contributed by atoms with E-state index in [0.717, 1.165) is 68.0 Å². The van der Waals surface area contributed by atoms with Crippen LogP contribution in [0.15, 0.2) is 45.3 Å². The molecule has 4 aromatic heterocycles. The van der Waals surface area contributed by atoms with E-state index in [1.165, 1.54) is 0 Å². The molecule has 5 N–H and O–H groups in total. The van der Waals surface area contributed by atoms with Gasteiger partial charge in [0.05, 0.1) is 13.2 Å². The minimum Gasteiger partial charge on any atom is -0.474 e. The number of benzene rings is 2. The van der Waals surface area contributed by atoms with E-state index in [4.69, 9.17) is 36.3 Å². The SMILES string of the molecule is OCCOc1nc(Cl)nc2c1[nH]c1cc(Br)ccc12.OCCOc1nc(N2CCNCC2)nc2c1[nH]c1cc(Br)ccc12. The molecule has 7 rings (SSSR count). The summed E-state index contributed by atoms with van der Waals surface area (Å²) >= 11 is 12.8. The zero-order valence-electron chi connectivity index (χ0n) is 22.7. The van der Waals surface area contributed by atoms with Gasteiger partial charge in [0.2, 0.25) is 23.0 Å². The molecule has 1 fully saturated rings. The molecule has 0 aliphatic carbocycles. The highest BCUT2D eigenvalue weighted by atomic mass is 79.9. The topological polar surface area (TPSA) is 157 Å². The van der Waals surface area contributed by atoms with Crippen LogP contribution in [0.5, 0.6) is 11.8 Å². The van der Waals surface area contributed by atoms with Crippen LogP contribution in [0, 0.1) is 0 Å². The van der Waals surface area contributed by atoms with Gasteiger partial charge in [-0.05, 0) is 48.0 Å². The number of ether oxygens (including phenoxy) is 2. The maximum atomic E-state index is 9.09. The number of H-pyrrole nitrogens is 2. The molecule has 6 aromatic rings. The predicted octanol–water partition coefficient (Wildman–Crippen LogP) is 4.55. The van der Waals surface area contributed by atoms with Crippen LogP contribution >= 0.6 is 43.5 Å². The first-order valence-electron chi connectivity index (χ1n) is 13.5. The van der Waals surface area contributed by atoms with E-state index in [-0.39, 0.29) is 31.7 Å². The molecule has 2 aromatic carbocycles. The zero-order chi connectivity index (χ0) is 29.9. The van der Waals surface area contributed by atoms with Crippen LogP contribution in [-0.2, 0) is 0 Å². The van der Waals surface area contributed by atoms with Crippen molar-refractivity contribution in [1.82, 2.24) is 35.2 Å². The Morgan fingerprint density at radius 2 is 1.30 bits per heavy atom. The highest BCUT2D eigenvalue weighted by Crippen LogP contribution is 2.33. The highest BCUT2D eigenvalue weighted by Gasteiger charge is 2.20. The number of rotatable bonds is 7. The summed E-state index contributed by atoms with van der Waals surface area (Å²) in [6.45, 7) is 3.75. The van der Waals surface area contributed by atoms with E-state index in [0.29, 0.717) is 28.7 Å². The number of halogens is 3. The number of aromatic nitrogens is 6. The summed E-state index contributed by atoms with van der Waals surface area (Å²) in [7, 11) is 0. The number of piperazine rings is 1. The minimum atomic E-state index is -0.0884. The monoisotopic (exact) mass is 732 g/mol. The van der Waals surface area contributed by atoms with Crippen molar-refractivity contribution in [2.45, 2.75) is 0 Å². The average molecular weight is 735 g/mol. The minimum absolute atomic E-state index is 0.0553. The zero-order valence-corrected chi connectivity index (χ0v) is 26.6. The third-order valence-corrected chi connectivity index (χ3v) is 7.92. The number of aromatic amines is 2. The molecule has 1 saturated heterocycles. The maximum absolute atomic E-state index is 9.09. The molecule has 5 heterocycles. The Morgan fingerprint density at radius 1 is 0.767 bits per heavy atom. The highest BCUT2D eigenvalue weighted by molar-refractivity contribution is 9.10. The van der Waals surface area contributed by atoms with Crippen molar-refractivity contribution in [2.75, 3.05) is 57.5 Å². The molecule has 0 amide bonds. The summed E-state index contributed by atoms with van der Waals surface area (Å²) in [5, 5.41) is 23.3. The fourth-order valence-corrected chi connectivity index (χ4v) is 5.76. The Morgan fingerprint density at radius 3 is 1.86 bits per heavy atom. The second kappa shape index (κ2) is 13.2. The summed E-state index contributed by atoms with van der Waals surface area (Å²) in [5.41, 5.74) is 4.86. The van der Waals surface area contributed by atoms with Crippen molar-refractivity contribution in [3.8, 4) is 11.8 Å². The Hall–Kier alpha value is -3.27. The quantitative estimate of drug-likeness (QED) is 0.148. The Balaban J connectivity index is 0.000000157. The number of nitrogens with one attached hydrogen (secondary N) is 3. The number of nitrogens with zero attached hydrogens (tertiary/aromatic N) is 5. The number of fused-ring (bicyclic) bond motifs is 6. The van der Waals surface area contributed by atoms with E-state index in [1.807, 2.05) is 36.4 Å². The first-order valence-corrected chi connectivity index (χ1v) is 15.5. The summed E-state index contributed by atoms with van der Waals surface area (Å²) in [5.74, 6) is 1.49. The lowest BCUT2D eigenvalue weighted by molar-refractivity contribution is 0.198. The summed E-state index contributed by atoms with van der Waals surface area (Å²) in [4.78, 5) is 26.3. The normalized spacial score (nSPS) is 13.6. The third-order valence-electron chi connectivity index (χ3n) is 6.77. The van der Waals surface area contributed by atoms with Crippen molar-refractivity contribution < 1.29 is 19.7 Å². The third kappa shape index (κ3) is 6.35. The lowest BCUT2D eigenvalue weighted by atomic mass is 10.2. The molecule has 0 spiro atoms. The van der Waals surface area contributed by atoms with Crippen LogP contribution in [0.4, 0.5) is 5.95 Å². The van der Waals surface area contributed by atoms with E-state index in [2.05, 4.69) is 67.0 Å². The Labute approximate surface area is 267 Å². The van der Waals surface area contributed by atoms with Crippen molar-refractivity contribution in [3.05, 3.63) is 50.6 Å². The van der Waals surface area contributed by atoms with Crippen molar-refractivity contribution >= 4 is 93.3 Å². The van der Waals surface area contributed by atoms with E-state index in [9.17, 15) is 0 Å². The van der Waals surface area contributed by atoms with Crippen molar-refractivity contribution in [3.63, 3.8) is 0 Å². The lowest BCUT2D eigenvalue weighted by Gasteiger charge is -2.27. The fourth-order valence-electron chi connectivity index (χ4n) is 4.88. The second-order valence-corrected chi connectivity index (χ2v) is 11.8. The van der Waals surface area contributed by atoms with E-state index >= 15 is 0 Å². The second-order valence-electron chi connectivity index (χ2n) is 9.58. The van der Waals surface area contributed by atoms with Gasteiger partial charge in [0.25, 0.3) is 0 Å². The standard InChI is InChI=1S/C16H18BrN5O2.C12H9BrClN3O2/c17-10-1-2-11-12(9-10)19-14-13(11)20-16(21-15(14)24-8-7-23)22-5-3-18-4-6-22;13-6-1-2-7-8(5-6)15-10-9(7)16-12(14)17-11(10)19-4-3-18/h1-2,9,18-19,23H,3-8H2;1-2,5,15,18H,3-4H2. The number of hydrogen-bond donors (Lipinski definition) is 5. The average Bonchev–Trinajstić information content (AvgIpc) is 3.56. The van der Waals surface area contributed by atoms with Gasteiger partial charge in [0.1, 0.15) is 35.3 Å².